The van der Waals surface area contributed by atoms with E-state index in [1.54, 1.807) is 19.1 Å². The molecule has 0 amide bonds. The van der Waals surface area contributed by atoms with Crippen molar-refractivity contribution >= 4 is 39.0 Å². The number of aromatic nitrogens is 3. The first-order chi connectivity index (χ1) is 7.63. The van der Waals surface area contributed by atoms with E-state index >= 15 is 0 Å². The van der Waals surface area contributed by atoms with Crippen molar-refractivity contribution in [3.63, 3.8) is 0 Å². The number of esters is 1. The number of hydrogen-bond donors (Lipinski definition) is 0. The summed E-state index contributed by atoms with van der Waals surface area (Å²) in [6.45, 7) is 1.98. The molecule has 2 heterocycles. The van der Waals surface area contributed by atoms with Gasteiger partial charge in [0.2, 0.25) is 0 Å². The Morgan fingerprint density at radius 3 is 3.06 bits per heavy atom. The van der Waals surface area contributed by atoms with Gasteiger partial charge in [0.1, 0.15) is 10.1 Å². The van der Waals surface area contributed by atoms with Gasteiger partial charge in [-0.05, 0) is 35.0 Å². The van der Waals surface area contributed by atoms with Crippen molar-refractivity contribution in [3.05, 3.63) is 27.7 Å². The van der Waals surface area contributed by atoms with Crippen molar-refractivity contribution in [3.8, 4) is 0 Å². The van der Waals surface area contributed by atoms with Gasteiger partial charge in [0, 0.05) is 0 Å². The summed E-state index contributed by atoms with van der Waals surface area (Å²) < 4.78 is 6.98. The number of ether oxygens (including phenoxy) is 1. The number of hydrogen-bond acceptors (Lipinski definition) is 4. The average molecular weight is 305 g/mol. The number of carbonyl (C=O) groups excluding carboxylic acids is 1. The smallest absolute Gasteiger partial charge is 0.378 e. The van der Waals surface area contributed by atoms with Crippen LogP contribution in [-0.2, 0) is 4.74 Å². The van der Waals surface area contributed by atoms with Gasteiger partial charge in [0.15, 0.2) is 5.15 Å². The predicted octanol–water partition coefficient (Wildman–Crippen LogP) is 2.32. The van der Waals surface area contributed by atoms with Crippen LogP contribution in [0.25, 0.3) is 5.52 Å². The maximum atomic E-state index is 11.4. The van der Waals surface area contributed by atoms with E-state index in [4.69, 9.17) is 16.3 Å². The van der Waals surface area contributed by atoms with Crippen LogP contribution in [0.1, 0.15) is 17.5 Å². The van der Waals surface area contributed by atoms with Crippen molar-refractivity contribution in [2.45, 2.75) is 6.92 Å². The molecule has 0 bridgehead atoms. The van der Waals surface area contributed by atoms with Crippen molar-refractivity contribution in [1.29, 1.82) is 0 Å². The molecule has 0 spiro atoms. The molecule has 2 rings (SSSR count). The monoisotopic (exact) mass is 303 g/mol. The molecule has 0 aromatic carbocycles. The van der Waals surface area contributed by atoms with Crippen LogP contribution in [0.4, 0.5) is 0 Å². The minimum atomic E-state index is -0.591. The summed E-state index contributed by atoms with van der Waals surface area (Å²) in [6, 6.07) is 3.52. The summed E-state index contributed by atoms with van der Waals surface area (Å²) in [4.78, 5) is 15.3. The summed E-state index contributed by atoms with van der Waals surface area (Å²) >= 11 is 9.20. The molecule has 84 valence electrons. The average Bonchev–Trinajstić information content (AvgIpc) is 2.61. The molecule has 2 aromatic rings. The lowest BCUT2D eigenvalue weighted by Crippen LogP contribution is -2.12. The topological polar surface area (TPSA) is 56.5 Å². The Labute approximate surface area is 104 Å². The second-order valence-corrected chi connectivity index (χ2v) is 4.07. The molecular formula is C9H7BrClN3O2. The van der Waals surface area contributed by atoms with Crippen LogP contribution in [0.3, 0.4) is 0 Å². The number of carbonyl (C=O) groups is 1. The number of nitrogens with zero attached hydrogens (tertiary/aromatic N) is 3. The normalized spacial score (nSPS) is 10.7. The van der Waals surface area contributed by atoms with Gasteiger partial charge < -0.3 is 4.74 Å². The fourth-order valence-corrected chi connectivity index (χ4v) is 1.84. The second kappa shape index (κ2) is 4.39. The summed E-state index contributed by atoms with van der Waals surface area (Å²) in [5, 5.41) is 4.23. The largest absolute Gasteiger partial charge is 0.460 e. The van der Waals surface area contributed by atoms with Crippen LogP contribution < -0.4 is 0 Å². The molecule has 2 aromatic heterocycles. The van der Waals surface area contributed by atoms with Crippen LogP contribution in [0, 0.1) is 0 Å². The summed E-state index contributed by atoms with van der Waals surface area (Å²) in [5.41, 5.74) is 0.626. The molecule has 16 heavy (non-hydrogen) atoms. The third-order valence-corrected chi connectivity index (χ3v) is 2.76. The van der Waals surface area contributed by atoms with E-state index in [-0.39, 0.29) is 17.6 Å². The molecule has 5 nitrogen and oxygen atoms in total. The van der Waals surface area contributed by atoms with Gasteiger partial charge in [0.05, 0.1) is 6.61 Å². The number of rotatable bonds is 2. The Bertz CT molecular complexity index is 555. The molecule has 0 atom stereocenters. The molecule has 7 heteroatoms. The van der Waals surface area contributed by atoms with Gasteiger partial charge >= 0.3 is 5.97 Å². The van der Waals surface area contributed by atoms with Gasteiger partial charge in [-0.25, -0.2) is 14.3 Å². The minimum absolute atomic E-state index is 0.0590. The molecule has 0 saturated carbocycles. The van der Waals surface area contributed by atoms with E-state index in [0.29, 0.717) is 10.1 Å². The summed E-state index contributed by atoms with van der Waals surface area (Å²) in [7, 11) is 0. The SMILES string of the molecule is CCOC(=O)c1nc(Cl)c2ccc(Br)n2n1. The lowest BCUT2D eigenvalue weighted by atomic mass is 10.5. The zero-order chi connectivity index (χ0) is 11.7. The van der Waals surface area contributed by atoms with E-state index < -0.39 is 5.97 Å². The van der Waals surface area contributed by atoms with Crippen LogP contribution in [0.2, 0.25) is 5.15 Å². The van der Waals surface area contributed by atoms with Gasteiger partial charge in [-0.15, -0.1) is 5.10 Å². The van der Waals surface area contributed by atoms with Gasteiger partial charge in [0.25, 0.3) is 5.82 Å². The molecule has 0 radical (unpaired) electrons. The number of fused-ring (bicyclic) bond motifs is 1. The van der Waals surface area contributed by atoms with Crippen molar-refractivity contribution < 1.29 is 9.53 Å². The van der Waals surface area contributed by atoms with Crippen LogP contribution in [0.15, 0.2) is 16.7 Å². The third-order valence-electron chi connectivity index (χ3n) is 1.88. The molecule has 0 aliphatic rings. The van der Waals surface area contributed by atoms with E-state index in [1.165, 1.54) is 4.52 Å². The third kappa shape index (κ3) is 1.90. The zero-order valence-corrected chi connectivity index (χ0v) is 10.6. The fraction of sp³-hybridized carbons (Fsp3) is 0.222. The predicted molar refractivity (Wildman–Crippen MR) is 61.7 cm³/mol. The molecule has 0 aliphatic carbocycles. The van der Waals surface area contributed by atoms with E-state index in [0.717, 1.165) is 0 Å². The maximum Gasteiger partial charge on any atom is 0.378 e. The quantitative estimate of drug-likeness (QED) is 0.799. The molecular weight excluding hydrogens is 297 g/mol. The first-order valence-corrected chi connectivity index (χ1v) is 5.68. The Morgan fingerprint density at radius 1 is 1.62 bits per heavy atom. The van der Waals surface area contributed by atoms with Gasteiger partial charge in [-0.3, -0.25) is 0 Å². The first kappa shape index (κ1) is 11.3. The van der Waals surface area contributed by atoms with Crippen molar-refractivity contribution in [2.24, 2.45) is 0 Å². The lowest BCUT2D eigenvalue weighted by molar-refractivity contribution is 0.0510. The minimum Gasteiger partial charge on any atom is -0.460 e. The van der Waals surface area contributed by atoms with Gasteiger partial charge in [-0.2, -0.15) is 0 Å². The van der Waals surface area contributed by atoms with Crippen LogP contribution >= 0.6 is 27.5 Å². The Morgan fingerprint density at radius 2 is 2.38 bits per heavy atom. The van der Waals surface area contributed by atoms with E-state index in [9.17, 15) is 4.79 Å². The lowest BCUT2D eigenvalue weighted by Gasteiger charge is -2.03. The second-order valence-electron chi connectivity index (χ2n) is 2.90. The van der Waals surface area contributed by atoms with Crippen molar-refractivity contribution in [1.82, 2.24) is 14.6 Å². The maximum absolute atomic E-state index is 11.4. The van der Waals surface area contributed by atoms with Crippen LogP contribution in [-0.4, -0.2) is 27.2 Å². The molecule has 0 N–H and O–H groups in total. The Balaban J connectivity index is 2.56. The zero-order valence-electron chi connectivity index (χ0n) is 8.28. The van der Waals surface area contributed by atoms with Gasteiger partial charge in [-0.1, -0.05) is 11.6 Å². The first-order valence-electron chi connectivity index (χ1n) is 4.51. The Hall–Kier alpha value is -1.14. The summed E-state index contributed by atoms with van der Waals surface area (Å²) in [6.07, 6.45) is 0. The summed E-state index contributed by atoms with van der Waals surface area (Å²) in [5.74, 6) is -0.650. The van der Waals surface area contributed by atoms with Crippen LogP contribution in [0.5, 0.6) is 0 Å². The molecule has 0 aliphatic heterocycles. The standard InChI is InChI=1S/C9H7BrClN3O2/c1-2-16-9(15)8-12-7(11)5-3-4-6(10)14(5)13-8/h3-4H,2H2,1H3. The highest BCUT2D eigenvalue weighted by Gasteiger charge is 2.15. The molecule has 0 unspecified atom stereocenters. The van der Waals surface area contributed by atoms with E-state index in [1.807, 2.05) is 0 Å². The Kier molecular flexibility index (Phi) is 3.11. The highest BCUT2D eigenvalue weighted by molar-refractivity contribution is 9.10. The fourth-order valence-electron chi connectivity index (χ4n) is 1.21. The number of halogens is 2. The van der Waals surface area contributed by atoms with E-state index in [2.05, 4.69) is 26.0 Å². The highest BCUT2D eigenvalue weighted by atomic mass is 79.9. The molecule has 0 fully saturated rings. The molecule has 0 saturated heterocycles. The van der Waals surface area contributed by atoms with Crippen molar-refractivity contribution in [2.75, 3.05) is 6.61 Å². The highest BCUT2D eigenvalue weighted by Crippen LogP contribution is 2.20.